The van der Waals surface area contributed by atoms with E-state index in [2.05, 4.69) is 4.90 Å². The van der Waals surface area contributed by atoms with Gasteiger partial charge in [-0.3, -0.25) is 9.69 Å². The largest absolute Gasteiger partial charge is 0.490 e. The fraction of sp³-hybridized carbons (Fsp3) is 0.607. The molecule has 5 rings (SSSR count). The fourth-order valence-electron chi connectivity index (χ4n) is 6.87. The van der Waals surface area contributed by atoms with Gasteiger partial charge in [-0.15, -0.1) is 0 Å². The third kappa shape index (κ3) is 5.20. The molecule has 2 heterocycles. The van der Waals surface area contributed by atoms with Crippen LogP contribution in [-0.2, 0) is 11.0 Å². The summed E-state index contributed by atoms with van der Waals surface area (Å²) in [7, 11) is 0. The molecule has 2 aromatic rings. The summed E-state index contributed by atoms with van der Waals surface area (Å²) >= 11 is 0. The van der Waals surface area contributed by atoms with E-state index >= 15 is 0 Å². The second-order valence-corrected chi connectivity index (χ2v) is 11.1. The number of nitrogens with zero attached hydrogens (tertiary/aromatic N) is 1. The van der Waals surface area contributed by atoms with Crippen LogP contribution in [0.5, 0.6) is 5.75 Å². The second kappa shape index (κ2) is 9.92. The molecular weight excluding hydrogens is 512 g/mol. The van der Waals surface area contributed by atoms with Crippen molar-refractivity contribution in [2.45, 2.75) is 94.9 Å². The number of hydrogen-bond donors (Lipinski definition) is 1. The Labute approximate surface area is 216 Å². The van der Waals surface area contributed by atoms with Crippen molar-refractivity contribution in [1.29, 1.82) is 0 Å². The molecule has 3 atom stereocenters. The third-order valence-electron chi connectivity index (χ3n) is 8.79. The van der Waals surface area contributed by atoms with Crippen molar-refractivity contribution in [2.75, 3.05) is 0 Å². The SMILES string of the molecule is CC(c1ccc2ccc(O[C@H]3CC[C@@H](C(F)(F)F)CC3)c(C(F)(F)F)c2c1)N1C2CCC1CC(C(=O)O)C2. The van der Waals surface area contributed by atoms with E-state index in [1.807, 2.05) is 13.0 Å². The van der Waals surface area contributed by atoms with Crippen LogP contribution >= 0.6 is 0 Å². The topological polar surface area (TPSA) is 49.8 Å². The molecule has 3 unspecified atom stereocenters. The Hall–Kier alpha value is -2.49. The fourth-order valence-corrected chi connectivity index (χ4v) is 6.87. The van der Waals surface area contributed by atoms with E-state index in [-0.39, 0.29) is 54.9 Å². The van der Waals surface area contributed by atoms with Gasteiger partial charge in [0.15, 0.2) is 0 Å². The third-order valence-corrected chi connectivity index (χ3v) is 8.79. The predicted molar refractivity (Wildman–Crippen MR) is 129 cm³/mol. The Morgan fingerprint density at radius 3 is 2.11 bits per heavy atom. The summed E-state index contributed by atoms with van der Waals surface area (Å²) in [5, 5.41) is 9.87. The highest BCUT2D eigenvalue weighted by molar-refractivity contribution is 5.89. The molecule has 2 bridgehead atoms. The van der Waals surface area contributed by atoms with Crippen molar-refractivity contribution in [3.63, 3.8) is 0 Å². The number of aliphatic carboxylic acids is 1. The number of rotatable bonds is 5. The molecule has 1 saturated carbocycles. The van der Waals surface area contributed by atoms with Gasteiger partial charge in [-0.2, -0.15) is 26.3 Å². The van der Waals surface area contributed by atoms with Crippen LogP contribution in [0, 0.1) is 11.8 Å². The zero-order valence-corrected chi connectivity index (χ0v) is 21.0. The minimum absolute atomic E-state index is 0.00361. The van der Waals surface area contributed by atoms with Crippen molar-refractivity contribution in [3.8, 4) is 5.75 Å². The summed E-state index contributed by atoms with van der Waals surface area (Å²) in [5.74, 6) is -2.99. The van der Waals surface area contributed by atoms with Crippen molar-refractivity contribution in [1.82, 2.24) is 4.90 Å². The number of benzene rings is 2. The van der Waals surface area contributed by atoms with Gasteiger partial charge in [0.05, 0.1) is 17.9 Å². The molecule has 1 N–H and O–H groups in total. The second-order valence-electron chi connectivity index (χ2n) is 11.1. The van der Waals surface area contributed by atoms with E-state index in [0.717, 1.165) is 12.8 Å². The molecule has 0 amide bonds. The highest BCUT2D eigenvalue weighted by Crippen LogP contribution is 2.47. The normalized spacial score (nSPS) is 29.4. The molecule has 38 heavy (non-hydrogen) atoms. The van der Waals surface area contributed by atoms with Gasteiger partial charge in [0.2, 0.25) is 0 Å². The Bertz CT molecular complexity index is 1170. The summed E-state index contributed by atoms with van der Waals surface area (Å²) in [4.78, 5) is 13.8. The van der Waals surface area contributed by atoms with E-state index in [0.29, 0.717) is 23.8 Å². The molecule has 208 valence electrons. The van der Waals surface area contributed by atoms with Gasteiger partial charge in [-0.25, -0.2) is 0 Å². The number of halogens is 6. The van der Waals surface area contributed by atoms with Crippen LogP contribution in [0.2, 0.25) is 0 Å². The van der Waals surface area contributed by atoms with Crippen LogP contribution in [-0.4, -0.2) is 40.3 Å². The van der Waals surface area contributed by atoms with Gasteiger partial charge in [0, 0.05) is 18.1 Å². The summed E-state index contributed by atoms with van der Waals surface area (Å²) in [6, 6.07) is 7.77. The van der Waals surface area contributed by atoms with Crippen LogP contribution in [0.1, 0.15) is 75.5 Å². The van der Waals surface area contributed by atoms with E-state index in [1.165, 1.54) is 6.07 Å². The first-order valence-electron chi connectivity index (χ1n) is 13.2. The van der Waals surface area contributed by atoms with Gasteiger partial charge >= 0.3 is 18.3 Å². The number of piperidine rings is 1. The minimum atomic E-state index is -4.72. The van der Waals surface area contributed by atoms with Gasteiger partial charge in [-0.1, -0.05) is 18.2 Å². The molecular formula is C28H31F6NO3. The lowest BCUT2D eigenvalue weighted by Gasteiger charge is -2.41. The molecule has 10 heteroatoms. The molecule has 2 saturated heterocycles. The quantitative estimate of drug-likeness (QED) is 0.392. The Balaban J connectivity index is 1.43. The molecule has 3 fully saturated rings. The molecule has 0 aromatic heterocycles. The first-order chi connectivity index (χ1) is 17.8. The predicted octanol–water partition coefficient (Wildman–Crippen LogP) is 7.75. The maximum Gasteiger partial charge on any atom is 0.420 e. The van der Waals surface area contributed by atoms with Crippen molar-refractivity contribution in [3.05, 3.63) is 41.5 Å². The van der Waals surface area contributed by atoms with Gasteiger partial charge in [0.25, 0.3) is 0 Å². The lowest BCUT2D eigenvalue weighted by atomic mass is 9.87. The summed E-state index contributed by atoms with van der Waals surface area (Å²) in [5.41, 5.74) is -0.203. The maximum absolute atomic E-state index is 14.4. The van der Waals surface area contributed by atoms with E-state index < -0.39 is 41.8 Å². The van der Waals surface area contributed by atoms with Crippen LogP contribution in [0.4, 0.5) is 26.3 Å². The van der Waals surface area contributed by atoms with E-state index in [4.69, 9.17) is 4.74 Å². The summed E-state index contributed by atoms with van der Waals surface area (Å²) in [6.07, 6.45) is -7.16. The molecule has 2 aliphatic heterocycles. The average Bonchev–Trinajstić information content (AvgIpc) is 3.10. The summed E-state index contributed by atoms with van der Waals surface area (Å²) < 4.78 is 88.0. The number of fused-ring (bicyclic) bond motifs is 3. The lowest BCUT2D eigenvalue weighted by molar-refractivity contribution is -0.185. The van der Waals surface area contributed by atoms with Crippen LogP contribution in [0.25, 0.3) is 10.8 Å². The Morgan fingerprint density at radius 2 is 1.55 bits per heavy atom. The number of carbonyl (C=O) groups is 1. The molecule has 1 aliphatic carbocycles. The number of alkyl halides is 6. The number of hydrogen-bond acceptors (Lipinski definition) is 3. The van der Waals surface area contributed by atoms with E-state index in [1.54, 1.807) is 18.2 Å². The molecule has 4 nitrogen and oxygen atoms in total. The van der Waals surface area contributed by atoms with Gasteiger partial charge in [0.1, 0.15) is 11.3 Å². The smallest absolute Gasteiger partial charge is 0.420 e. The minimum Gasteiger partial charge on any atom is -0.490 e. The van der Waals surface area contributed by atoms with Crippen LogP contribution < -0.4 is 4.74 Å². The first-order valence-corrected chi connectivity index (χ1v) is 13.2. The van der Waals surface area contributed by atoms with E-state index in [9.17, 15) is 36.2 Å². The van der Waals surface area contributed by atoms with Crippen molar-refractivity contribution >= 4 is 16.7 Å². The standard InChI is InChI=1S/C28H31F6NO3/c1-15(35-20-7-8-21(35)13-18(12-20)26(36)37)17-3-2-16-4-11-24(25(23(16)14-17)28(32,33)34)38-22-9-5-19(6-10-22)27(29,30)31/h2-4,11,14-15,18-22H,5-10,12-13H2,1H3,(H,36,37)/t15?,18?,19-,20?,21?,22+. The highest BCUT2D eigenvalue weighted by atomic mass is 19.4. The number of ether oxygens (including phenoxy) is 1. The molecule has 2 aromatic carbocycles. The lowest BCUT2D eigenvalue weighted by Crippen LogP contribution is -2.45. The molecule has 0 spiro atoms. The van der Waals surface area contributed by atoms with Crippen LogP contribution in [0.3, 0.4) is 0 Å². The summed E-state index contributed by atoms with van der Waals surface area (Å²) in [6.45, 7) is 1.94. The number of carboxylic acids is 1. The molecule has 3 aliphatic rings. The van der Waals surface area contributed by atoms with Crippen molar-refractivity contribution in [2.24, 2.45) is 11.8 Å². The monoisotopic (exact) mass is 543 g/mol. The first kappa shape index (κ1) is 27.1. The molecule has 0 radical (unpaired) electrons. The van der Waals surface area contributed by atoms with Gasteiger partial charge in [-0.05, 0) is 86.8 Å². The van der Waals surface area contributed by atoms with Gasteiger partial charge < -0.3 is 9.84 Å². The highest BCUT2D eigenvalue weighted by Gasteiger charge is 2.46. The Kier molecular flexibility index (Phi) is 7.07. The Morgan fingerprint density at radius 1 is 0.947 bits per heavy atom. The average molecular weight is 544 g/mol. The maximum atomic E-state index is 14.4. The zero-order chi connectivity index (χ0) is 27.4. The van der Waals surface area contributed by atoms with Crippen molar-refractivity contribution < 1.29 is 41.0 Å². The number of carboxylic acid groups (broad SMARTS) is 1. The zero-order valence-electron chi connectivity index (χ0n) is 21.0. The van der Waals surface area contributed by atoms with Crippen LogP contribution in [0.15, 0.2) is 30.3 Å².